The van der Waals surface area contributed by atoms with E-state index < -0.39 is 23.9 Å². The lowest BCUT2D eigenvalue weighted by Gasteiger charge is -2.33. The van der Waals surface area contributed by atoms with E-state index in [1.54, 1.807) is 12.1 Å². The summed E-state index contributed by atoms with van der Waals surface area (Å²) in [5, 5.41) is 7.28. The molecule has 0 aliphatic carbocycles. The number of nitrogens with zero attached hydrogens (tertiary/aromatic N) is 1. The Kier molecular flexibility index (Phi) is 6.52. The Morgan fingerprint density at radius 2 is 2.24 bits per heavy atom. The molecule has 3 N–H and O–H groups in total. The first kappa shape index (κ1) is 18.5. The van der Waals surface area contributed by atoms with Crippen LogP contribution >= 0.6 is 0 Å². The first-order chi connectivity index (χ1) is 12.0. The third kappa shape index (κ3) is 5.60. The second kappa shape index (κ2) is 8.83. The van der Waals surface area contributed by atoms with Crippen LogP contribution in [0.3, 0.4) is 0 Å². The topological polar surface area (TPSA) is 130 Å². The van der Waals surface area contributed by atoms with E-state index in [1.165, 1.54) is 18.3 Å². The zero-order chi connectivity index (χ0) is 18.2. The molecule has 0 bridgehead atoms. The number of esters is 1. The number of piperazine rings is 1. The van der Waals surface area contributed by atoms with Crippen LogP contribution in [-0.2, 0) is 25.7 Å². The molecule has 0 radical (unpaired) electrons. The van der Waals surface area contributed by atoms with Crippen molar-refractivity contribution in [3.8, 4) is 0 Å². The maximum Gasteiger partial charge on any atom is 0.321 e. The van der Waals surface area contributed by atoms with Crippen LogP contribution in [0.2, 0.25) is 0 Å². The molecule has 2 heterocycles. The standard InChI is InChI=1S/C15H20N4O6/c1-24-13(21)7-11-14(22)16-4-5-19(11)9-12(20)18-15(23)17-8-10-3-2-6-25-10/h2-3,6,11H,4-5,7-9H2,1H3,(H,16,22)(H2,17,18,20,23). The van der Waals surface area contributed by atoms with Gasteiger partial charge in [0.05, 0.1) is 32.9 Å². The molecule has 10 heteroatoms. The largest absolute Gasteiger partial charge is 0.469 e. The summed E-state index contributed by atoms with van der Waals surface area (Å²) in [5.41, 5.74) is 0. The Morgan fingerprint density at radius 3 is 2.92 bits per heavy atom. The number of carbonyl (C=O) groups is 4. The molecule has 1 atom stereocenters. The number of hydrogen-bond acceptors (Lipinski definition) is 7. The van der Waals surface area contributed by atoms with Crippen molar-refractivity contribution in [1.29, 1.82) is 0 Å². The van der Waals surface area contributed by atoms with Gasteiger partial charge < -0.3 is 19.8 Å². The van der Waals surface area contributed by atoms with Crippen molar-refractivity contribution >= 4 is 23.8 Å². The fourth-order valence-corrected chi connectivity index (χ4v) is 2.39. The molecule has 25 heavy (non-hydrogen) atoms. The molecule has 10 nitrogen and oxygen atoms in total. The third-order valence-corrected chi connectivity index (χ3v) is 3.63. The van der Waals surface area contributed by atoms with Gasteiger partial charge in [-0.15, -0.1) is 0 Å². The Balaban J connectivity index is 1.83. The molecule has 1 aliphatic heterocycles. The zero-order valence-electron chi connectivity index (χ0n) is 13.7. The minimum absolute atomic E-state index is 0.142. The molecule has 1 unspecified atom stereocenters. The highest BCUT2D eigenvalue weighted by molar-refractivity contribution is 5.96. The van der Waals surface area contributed by atoms with Crippen molar-refractivity contribution in [2.75, 3.05) is 26.7 Å². The SMILES string of the molecule is COC(=O)CC1C(=O)NCCN1CC(=O)NC(=O)NCc1ccco1. The van der Waals surface area contributed by atoms with E-state index in [4.69, 9.17) is 4.42 Å². The predicted molar refractivity (Wildman–Crippen MR) is 84.1 cm³/mol. The van der Waals surface area contributed by atoms with Crippen LogP contribution in [0.15, 0.2) is 22.8 Å². The Hall–Kier alpha value is -2.88. The molecule has 1 aromatic rings. The summed E-state index contributed by atoms with van der Waals surface area (Å²) in [6.45, 7) is 0.690. The van der Waals surface area contributed by atoms with Crippen LogP contribution < -0.4 is 16.0 Å². The van der Waals surface area contributed by atoms with Crippen LogP contribution in [0.25, 0.3) is 0 Å². The molecule has 0 saturated carbocycles. The molecular weight excluding hydrogens is 332 g/mol. The van der Waals surface area contributed by atoms with Crippen LogP contribution in [0.4, 0.5) is 4.79 Å². The summed E-state index contributed by atoms with van der Waals surface area (Å²) >= 11 is 0. The van der Waals surface area contributed by atoms with Crippen molar-refractivity contribution in [2.45, 2.75) is 19.0 Å². The third-order valence-electron chi connectivity index (χ3n) is 3.63. The number of methoxy groups -OCH3 is 1. The Bertz CT molecular complexity index is 630. The van der Waals surface area contributed by atoms with Gasteiger partial charge in [0.25, 0.3) is 0 Å². The molecule has 1 saturated heterocycles. The number of rotatable bonds is 6. The summed E-state index contributed by atoms with van der Waals surface area (Å²) in [7, 11) is 1.23. The van der Waals surface area contributed by atoms with E-state index in [2.05, 4.69) is 20.7 Å². The maximum atomic E-state index is 12.0. The zero-order valence-corrected chi connectivity index (χ0v) is 13.7. The quantitative estimate of drug-likeness (QED) is 0.558. The van der Waals surface area contributed by atoms with Crippen LogP contribution in [0.1, 0.15) is 12.2 Å². The van der Waals surface area contributed by atoms with Gasteiger partial charge in [0.15, 0.2) is 0 Å². The van der Waals surface area contributed by atoms with Gasteiger partial charge in [-0.25, -0.2) is 4.79 Å². The Labute approximate surface area is 143 Å². The van der Waals surface area contributed by atoms with Crippen LogP contribution in [0.5, 0.6) is 0 Å². The number of ether oxygens (including phenoxy) is 1. The second-order valence-electron chi connectivity index (χ2n) is 5.37. The average Bonchev–Trinajstić information content (AvgIpc) is 3.09. The van der Waals surface area contributed by atoms with E-state index in [9.17, 15) is 19.2 Å². The van der Waals surface area contributed by atoms with E-state index in [1.807, 2.05) is 0 Å². The van der Waals surface area contributed by atoms with Gasteiger partial charge in [-0.3, -0.25) is 24.6 Å². The van der Waals surface area contributed by atoms with Gasteiger partial charge in [0.1, 0.15) is 11.8 Å². The molecule has 1 aromatic heterocycles. The van der Waals surface area contributed by atoms with E-state index in [0.717, 1.165) is 0 Å². The van der Waals surface area contributed by atoms with Gasteiger partial charge in [-0.2, -0.15) is 0 Å². The average molecular weight is 352 g/mol. The lowest BCUT2D eigenvalue weighted by molar-refractivity contribution is -0.146. The second-order valence-corrected chi connectivity index (χ2v) is 5.37. The van der Waals surface area contributed by atoms with Gasteiger partial charge in [-0.1, -0.05) is 0 Å². The predicted octanol–water partition coefficient (Wildman–Crippen LogP) is -1.03. The Morgan fingerprint density at radius 1 is 1.44 bits per heavy atom. The van der Waals surface area contributed by atoms with Crippen LogP contribution in [-0.4, -0.2) is 61.5 Å². The van der Waals surface area contributed by atoms with Crippen molar-refractivity contribution < 1.29 is 28.3 Å². The minimum Gasteiger partial charge on any atom is -0.469 e. The number of nitrogens with one attached hydrogen (secondary N) is 3. The molecule has 1 fully saturated rings. The molecule has 0 aromatic carbocycles. The van der Waals surface area contributed by atoms with Crippen LogP contribution in [0, 0.1) is 0 Å². The smallest absolute Gasteiger partial charge is 0.321 e. The first-order valence-corrected chi connectivity index (χ1v) is 7.68. The van der Waals surface area contributed by atoms with Gasteiger partial charge in [0.2, 0.25) is 11.8 Å². The summed E-state index contributed by atoms with van der Waals surface area (Å²) in [4.78, 5) is 48.6. The van der Waals surface area contributed by atoms with Crippen molar-refractivity contribution in [3.05, 3.63) is 24.2 Å². The minimum atomic E-state index is -0.807. The molecule has 4 amide bonds. The number of imide groups is 1. The van der Waals surface area contributed by atoms with Gasteiger partial charge in [0, 0.05) is 13.1 Å². The van der Waals surface area contributed by atoms with Crippen molar-refractivity contribution in [2.24, 2.45) is 0 Å². The lowest BCUT2D eigenvalue weighted by atomic mass is 10.1. The maximum absolute atomic E-state index is 12.0. The number of furan rings is 1. The molecule has 2 rings (SSSR count). The number of hydrogen-bond donors (Lipinski definition) is 3. The van der Waals surface area contributed by atoms with Crippen molar-refractivity contribution in [3.63, 3.8) is 0 Å². The summed E-state index contributed by atoms with van der Waals surface area (Å²) in [5.74, 6) is -0.940. The van der Waals surface area contributed by atoms with E-state index >= 15 is 0 Å². The monoisotopic (exact) mass is 352 g/mol. The number of carbonyl (C=O) groups excluding carboxylic acids is 4. The molecule has 1 aliphatic rings. The summed E-state index contributed by atoms with van der Waals surface area (Å²) in [6, 6.07) is 1.89. The fraction of sp³-hybridized carbons (Fsp3) is 0.467. The highest BCUT2D eigenvalue weighted by atomic mass is 16.5. The molecule has 136 valence electrons. The highest BCUT2D eigenvalue weighted by Crippen LogP contribution is 2.09. The number of amides is 4. The van der Waals surface area contributed by atoms with E-state index in [-0.39, 0.29) is 25.4 Å². The van der Waals surface area contributed by atoms with E-state index in [0.29, 0.717) is 18.8 Å². The normalized spacial score (nSPS) is 17.5. The van der Waals surface area contributed by atoms with Gasteiger partial charge in [-0.05, 0) is 12.1 Å². The first-order valence-electron chi connectivity index (χ1n) is 7.68. The number of urea groups is 1. The van der Waals surface area contributed by atoms with Crippen molar-refractivity contribution in [1.82, 2.24) is 20.9 Å². The van der Waals surface area contributed by atoms with Gasteiger partial charge >= 0.3 is 12.0 Å². The fourth-order valence-electron chi connectivity index (χ4n) is 2.39. The highest BCUT2D eigenvalue weighted by Gasteiger charge is 2.33. The lowest BCUT2D eigenvalue weighted by Crippen LogP contribution is -2.58. The molecule has 0 spiro atoms. The summed E-state index contributed by atoms with van der Waals surface area (Å²) < 4.78 is 9.63. The molecular formula is C15H20N4O6. The summed E-state index contributed by atoms with van der Waals surface area (Å²) in [6.07, 6.45) is 1.31.